The van der Waals surface area contributed by atoms with E-state index in [0.29, 0.717) is 27.5 Å². The number of methoxy groups -OCH3 is 2. The summed E-state index contributed by atoms with van der Waals surface area (Å²) < 4.78 is 17.6. The predicted octanol–water partition coefficient (Wildman–Crippen LogP) is 7.14. The van der Waals surface area contributed by atoms with Crippen LogP contribution >= 0.6 is 27.3 Å². The van der Waals surface area contributed by atoms with Gasteiger partial charge in [0.25, 0.3) is 0 Å². The Balaban J connectivity index is 1.72. The first-order valence-electron chi connectivity index (χ1n) is 11.2. The van der Waals surface area contributed by atoms with Gasteiger partial charge in [0.05, 0.1) is 14.2 Å². The third-order valence-electron chi connectivity index (χ3n) is 4.96. The van der Waals surface area contributed by atoms with E-state index in [2.05, 4.69) is 41.7 Å². The molecule has 4 aromatic rings. The molecule has 0 saturated carbocycles. The Bertz CT molecular complexity index is 1400. The normalized spacial score (nSPS) is 11.1. The van der Waals surface area contributed by atoms with Gasteiger partial charge in [0.2, 0.25) is 5.13 Å². The zero-order chi connectivity index (χ0) is 26.6. The van der Waals surface area contributed by atoms with Crippen LogP contribution in [0.4, 0.5) is 21.4 Å². The fraction of sp³-hybridized carbons (Fsp3) is 0.231. The second kappa shape index (κ2) is 11.1. The van der Waals surface area contributed by atoms with Crippen LogP contribution in [0.1, 0.15) is 20.8 Å². The van der Waals surface area contributed by atoms with Crippen LogP contribution in [0.5, 0.6) is 11.5 Å². The third-order valence-corrected chi connectivity index (χ3v) is 6.36. The van der Waals surface area contributed by atoms with Crippen molar-refractivity contribution in [3.05, 3.63) is 59.2 Å². The summed E-state index contributed by atoms with van der Waals surface area (Å²) >= 11 is 4.83. The van der Waals surface area contributed by atoms with Gasteiger partial charge in [-0.15, -0.1) is 10.2 Å². The third kappa shape index (κ3) is 6.75. The van der Waals surface area contributed by atoms with Crippen LogP contribution in [0.3, 0.4) is 0 Å². The second-order valence-electron chi connectivity index (χ2n) is 8.85. The van der Waals surface area contributed by atoms with Gasteiger partial charge in [-0.2, -0.15) is 0 Å². The van der Waals surface area contributed by atoms with E-state index < -0.39 is 11.7 Å². The lowest BCUT2D eigenvalue weighted by Gasteiger charge is -2.19. The number of pyridine rings is 1. The molecule has 2 N–H and O–H groups in total. The molecule has 0 unspecified atom stereocenters. The Morgan fingerprint density at radius 2 is 1.76 bits per heavy atom. The van der Waals surface area contributed by atoms with Crippen LogP contribution in [-0.4, -0.2) is 41.1 Å². The molecular weight excluding hydrogens is 558 g/mol. The highest BCUT2D eigenvalue weighted by atomic mass is 79.9. The van der Waals surface area contributed by atoms with Gasteiger partial charge in [-0.25, -0.2) is 9.78 Å². The summed E-state index contributed by atoms with van der Waals surface area (Å²) in [7, 11) is 3.18. The molecule has 0 aliphatic heterocycles. The first-order chi connectivity index (χ1) is 17.6. The molecule has 192 valence electrons. The topological polar surface area (TPSA) is 107 Å². The summed E-state index contributed by atoms with van der Waals surface area (Å²) in [5.41, 5.74) is 2.53. The molecule has 9 nitrogen and oxygen atoms in total. The number of carbonyl (C=O) groups is 1. The van der Waals surface area contributed by atoms with Crippen LogP contribution in [0.15, 0.2) is 59.2 Å². The standard InChI is InChI=1S/C26H26BrN5O4S/c1-26(2,3)36-25(33)30-21-12-15(10-11-28-21)22-19(13-18(34-4)14-20(22)35-5)23-31-32-24(37-23)29-17-8-6-16(27)7-9-17/h6-14H,1-5H3,(H,29,32)(H,28,30,33). The number of aromatic nitrogens is 3. The van der Waals surface area contributed by atoms with E-state index in [4.69, 9.17) is 14.2 Å². The van der Waals surface area contributed by atoms with Crippen LogP contribution in [0.2, 0.25) is 0 Å². The smallest absolute Gasteiger partial charge is 0.413 e. The van der Waals surface area contributed by atoms with Crippen molar-refractivity contribution in [2.24, 2.45) is 0 Å². The Kier molecular flexibility index (Phi) is 7.94. The molecule has 0 aliphatic carbocycles. The largest absolute Gasteiger partial charge is 0.497 e. The van der Waals surface area contributed by atoms with E-state index in [-0.39, 0.29) is 0 Å². The molecule has 0 atom stereocenters. The minimum atomic E-state index is -0.631. The average Bonchev–Trinajstić information content (AvgIpc) is 3.32. The van der Waals surface area contributed by atoms with Gasteiger partial charge in [0, 0.05) is 33.6 Å². The number of amides is 1. The summed E-state index contributed by atoms with van der Waals surface area (Å²) in [4.78, 5) is 16.6. The maximum absolute atomic E-state index is 12.3. The zero-order valence-electron chi connectivity index (χ0n) is 21.0. The lowest BCUT2D eigenvalue weighted by atomic mass is 9.99. The first kappa shape index (κ1) is 26.4. The maximum Gasteiger partial charge on any atom is 0.413 e. The van der Waals surface area contributed by atoms with Crippen molar-refractivity contribution in [3.8, 4) is 33.2 Å². The Morgan fingerprint density at radius 1 is 1.00 bits per heavy atom. The van der Waals surface area contributed by atoms with Crippen molar-refractivity contribution in [3.63, 3.8) is 0 Å². The Morgan fingerprint density at radius 3 is 2.43 bits per heavy atom. The summed E-state index contributed by atoms with van der Waals surface area (Å²) in [6, 6.07) is 15.0. The molecule has 0 fully saturated rings. The highest BCUT2D eigenvalue weighted by Gasteiger charge is 2.21. The van der Waals surface area contributed by atoms with E-state index >= 15 is 0 Å². The van der Waals surface area contributed by atoms with Gasteiger partial charge in [-0.3, -0.25) is 5.32 Å². The number of ether oxygens (including phenoxy) is 3. The minimum Gasteiger partial charge on any atom is -0.497 e. The van der Waals surface area contributed by atoms with Crippen molar-refractivity contribution in [1.82, 2.24) is 15.2 Å². The highest BCUT2D eigenvalue weighted by molar-refractivity contribution is 9.10. The molecule has 4 rings (SSSR count). The summed E-state index contributed by atoms with van der Waals surface area (Å²) in [6.45, 7) is 5.40. The lowest BCUT2D eigenvalue weighted by Crippen LogP contribution is -2.27. The van der Waals surface area contributed by atoms with Gasteiger partial charge in [-0.05, 0) is 68.8 Å². The van der Waals surface area contributed by atoms with Crippen LogP contribution in [-0.2, 0) is 4.74 Å². The molecule has 2 aromatic heterocycles. The summed E-state index contributed by atoms with van der Waals surface area (Å²) in [5, 5.41) is 16.0. The molecule has 0 aliphatic rings. The molecule has 0 radical (unpaired) electrons. The molecule has 0 spiro atoms. The molecule has 2 aromatic carbocycles. The number of halogens is 1. The fourth-order valence-electron chi connectivity index (χ4n) is 3.44. The van der Waals surface area contributed by atoms with Crippen LogP contribution in [0, 0.1) is 0 Å². The van der Waals surface area contributed by atoms with E-state index in [1.165, 1.54) is 11.3 Å². The first-order valence-corrected chi connectivity index (χ1v) is 12.8. The Hall–Kier alpha value is -3.70. The van der Waals surface area contributed by atoms with E-state index in [0.717, 1.165) is 26.9 Å². The molecule has 0 bridgehead atoms. The second-order valence-corrected chi connectivity index (χ2v) is 10.7. The summed E-state index contributed by atoms with van der Waals surface area (Å²) in [6.07, 6.45) is 1.02. The van der Waals surface area contributed by atoms with E-state index in [9.17, 15) is 4.79 Å². The van der Waals surface area contributed by atoms with E-state index in [1.807, 2.05) is 36.4 Å². The van der Waals surface area contributed by atoms with Crippen molar-refractivity contribution in [2.75, 3.05) is 24.9 Å². The SMILES string of the molecule is COc1cc(OC)c(-c2ccnc(NC(=O)OC(C)(C)C)c2)c(-c2nnc(Nc3ccc(Br)cc3)s2)c1. The number of nitrogens with one attached hydrogen (secondary N) is 2. The predicted molar refractivity (Wildman–Crippen MR) is 149 cm³/mol. The number of rotatable bonds is 7. The molecule has 37 heavy (non-hydrogen) atoms. The average molecular weight is 584 g/mol. The van der Waals surface area contributed by atoms with Gasteiger partial charge in [-0.1, -0.05) is 27.3 Å². The van der Waals surface area contributed by atoms with Crippen molar-refractivity contribution in [1.29, 1.82) is 0 Å². The lowest BCUT2D eigenvalue weighted by molar-refractivity contribution is 0.0635. The van der Waals surface area contributed by atoms with Gasteiger partial charge in [0.1, 0.15) is 27.9 Å². The number of carbonyl (C=O) groups excluding carboxylic acids is 1. The van der Waals surface area contributed by atoms with Gasteiger partial charge >= 0.3 is 6.09 Å². The molecule has 1 amide bonds. The molecular formula is C26H26BrN5O4S. The van der Waals surface area contributed by atoms with Gasteiger partial charge in [0.15, 0.2) is 0 Å². The number of nitrogens with zero attached hydrogens (tertiary/aromatic N) is 3. The zero-order valence-corrected chi connectivity index (χ0v) is 23.4. The monoisotopic (exact) mass is 583 g/mol. The number of hydrogen-bond donors (Lipinski definition) is 2. The minimum absolute atomic E-state index is 0.338. The highest BCUT2D eigenvalue weighted by Crippen LogP contribution is 2.44. The van der Waals surface area contributed by atoms with Crippen molar-refractivity contribution >= 4 is 50.0 Å². The number of hydrogen-bond acceptors (Lipinski definition) is 9. The molecule has 0 saturated heterocycles. The quantitative estimate of drug-likeness (QED) is 0.236. The van der Waals surface area contributed by atoms with Gasteiger partial charge < -0.3 is 19.5 Å². The fourth-order valence-corrected chi connectivity index (χ4v) is 4.49. The number of anilines is 3. The number of benzene rings is 2. The van der Waals surface area contributed by atoms with Crippen molar-refractivity contribution in [2.45, 2.75) is 26.4 Å². The summed E-state index contributed by atoms with van der Waals surface area (Å²) in [5.74, 6) is 1.51. The molecule has 2 heterocycles. The Labute approximate surface area is 227 Å². The van der Waals surface area contributed by atoms with Crippen LogP contribution < -0.4 is 20.1 Å². The maximum atomic E-state index is 12.3. The van der Waals surface area contributed by atoms with E-state index in [1.54, 1.807) is 53.3 Å². The van der Waals surface area contributed by atoms with Crippen LogP contribution in [0.25, 0.3) is 21.7 Å². The van der Waals surface area contributed by atoms with Crippen molar-refractivity contribution < 1.29 is 19.0 Å². The molecule has 11 heteroatoms.